The van der Waals surface area contributed by atoms with Gasteiger partial charge in [-0.05, 0) is 65.7 Å². The maximum absolute atomic E-state index is 13.4. The molecule has 0 aliphatic carbocycles. The number of allylic oxidation sites excluding steroid dienone is 1. The molecule has 0 aromatic heterocycles. The molecule has 0 saturated carbocycles. The van der Waals surface area contributed by atoms with E-state index < -0.39 is 16.7 Å². The molecule has 0 fully saturated rings. The normalized spacial score (nSPS) is 14.2. The molecule has 0 radical (unpaired) electrons. The summed E-state index contributed by atoms with van der Waals surface area (Å²) in [6, 6.07) is 19.1. The highest BCUT2D eigenvalue weighted by atomic mass is 16.6. The summed E-state index contributed by atoms with van der Waals surface area (Å²) < 4.78 is 15.8. The highest BCUT2D eigenvalue weighted by molar-refractivity contribution is 6.32. The van der Waals surface area contributed by atoms with Gasteiger partial charge in [0.15, 0.2) is 0 Å². The number of nitrogens with zero attached hydrogens (tertiary/aromatic N) is 1. The van der Waals surface area contributed by atoms with E-state index in [1.165, 1.54) is 38.5 Å². The molecule has 1 aliphatic rings. The Balaban J connectivity index is 1.84. The minimum absolute atomic E-state index is 0.0631. The Bertz CT molecular complexity index is 1320. The summed E-state index contributed by atoms with van der Waals surface area (Å²) in [5.41, 5.74) is 1.60. The van der Waals surface area contributed by atoms with Gasteiger partial charge in [0.1, 0.15) is 22.8 Å². The third-order valence-electron chi connectivity index (χ3n) is 5.26. The Labute approximate surface area is 194 Å². The summed E-state index contributed by atoms with van der Waals surface area (Å²) in [6.45, 7) is 0. The fourth-order valence-corrected chi connectivity index (χ4v) is 3.51. The molecule has 0 spiro atoms. The molecule has 0 N–H and O–H groups in total. The lowest BCUT2D eigenvalue weighted by molar-refractivity contribution is -0.384. The van der Waals surface area contributed by atoms with Crippen LogP contribution < -0.4 is 9.47 Å². The van der Waals surface area contributed by atoms with E-state index in [0.29, 0.717) is 33.8 Å². The van der Waals surface area contributed by atoms with Crippen molar-refractivity contribution < 1.29 is 28.7 Å². The monoisotopic (exact) mass is 457 g/mol. The zero-order valence-corrected chi connectivity index (χ0v) is 18.3. The molecule has 0 bridgehead atoms. The van der Waals surface area contributed by atoms with E-state index in [4.69, 9.17) is 14.2 Å². The highest BCUT2D eigenvalue weighted by Gasteiger charge is 2.36. The van der Waals surface area contributed by atoms with E-state index in [2.05, 4.69) is 0 Å². The van der Waals surface area contributed by atoms with Crippen LogP contribution in [0.4, 0.5) is 5.69 Å². The van der Waals surface area contributed by atoms with Crippen LogP contribution in [0.25, 0.3) is 11.6 Å². The number of nitro benzene ring substituents is 1. The molecule has 0 atom stereocenters. The molecule has 3 aromatic carbocycles. The first-order valence-corrected chi connectivity index (χ1v) is 10.2. The number of methoxy groups -OCH3 is 2. The maximum Gasteiger partial charge on any atom is 0.348 e. The van der Waals surface area contributed by atoms with Crippen LogP contribution in [0.2, 0.25) is 0 Å². The van der Waals surface area contributed by atoms with E-state index in [0.717, 1.165) is 0 Å². The van der Waals surface area contributed by atoms with Gasteiger partial charge in [-0.15, -0.1) is 0 Å². The van der Waals surface area contributed by atoms with E-state index in [1.54, 1.807) is 54.6 Å². The number of carbonyl (C=O) groups excluding carboxylic acids is 2. The summed E-state index contributed by atoms with van der Waals surface area (Å²) in [7, 11) is 3.06. The van der Waals surface area contributed by atoms with Crippen molar-refractivity contribution in [3.63, 3.8) is 0 Å². The minimum Gasteiger partial charge on any atom is -0.497 e. The molecule has 0 unspecified atom stereocenters. The van der Waals surface area contributed by atoms with Gasteiger partial charge in [-0.25, -0.2) is 4.79 Å². The summed E-state index contributed by atoms with van der Waals surface area (Å²) in [5, 5.41) is 10.9. The zero-order valence-electron chi connectivity index (χ0n) is 18.3. The molecule has 0 saturated heterocycles. The van der Waals surface area contributed by atoms with Gasteiger partial charge >= 0.3 is 5.97 Å². The number of benzene rings is 3. The third-order valence-corrected chi connectivity index (χ3v) is 5.26. The fraction of sp³-hybridized carbons (Fsp3) is 0.0769. The Morgan fingerprint density at radius 3 is 1.97 bits per heavy atom. The summed E-state index contributed by atoms with van der Waals surface area (Å²) >= 11 is 0. The van der Waals surface area contributed by atoms with Crippen LogP contribution >= 0.6 is 0 Å². The smallest absolute Gasteiger partial charge is 0.348 e. The van der Waals surface area contributed by atoms with Crippen molar-refractivity contribution in [2.75, 3.05) is 14.2 Å². The number of hydrogen-bond donors (Lipinski definition) is 0. The van der Waals surface area contributed by atoms with Crippen molar-refractivity contribution in [3.8, 4) is 11.5 Å². The van der Waals surface area contributed by atoms with Crippen LogP contribution in [0.1, 0.15) is 21.5 Å². The molecular weight excluding hydrogens is 438 g/mol. The lowest BCUT2D eigenvalue weighted by Gasteiger charge is -2.08. The van der Waals surface area contributed by atoms with Gasteiger partial charge in [-0.3, -0.25) is 14.9 Å². The van der Waals surface area contributed by atoms with Crippen molar-refractivity contribution in [3.05, 3.63) is 111 Å². The largest absolute Gasteiger partial charge is 0.497 e. The number of cyclic esters (lactones) is 1. The second-order valence-corrected chi connectivity index (χ2v) is 7.28. The number of ether oxygens (including phenoxy) is 3. The van der Waals surface area contributed by atoms with Gasteiger partial charge in [0.05, 0.1) is 19.1 Å². The number of esters is 1. The number of non-ortho nitro benzene ring substituents is 1. The van der Waals surface area contributed by atoms with Crippen molar-refractivity contribution in [1.82, 2.24) is 0 Å². The van der Waals surface area contributed by atoms with Crippen molar-refractivity contribution >= 4 is 29.1 Å². The molecule has 8 nitrogen and oxygen atoms in total. The van der Waals surface area contributed by atoms with Crippen molar-refractivity contribution in [1.29, 1.82) is 0 Å². The lowest BCUT2D eigenvalue weighted by Crippen LogP contribution is -2.11. The highest BCUT2D eigenvalue weighted by Crippen LogP contribution is 2.38. The van der Waals surface area contributed by atoms with Gasteiger partial charge in [0, 0.05) is 23.3 Å². The molecule has 4 rings (SSSR count). The Hall–Kier alpha value is -4.72. The minimum atomic E-state index is -0.778. The predicted molar refractivity (Wildman–Crippen MR) is 124 cm³/mol. The summed E-state index contributed by atoms with van der Waals surface area (Å²) in [5.74, 6) is 0.0819. The Morgan fingerprint density at radius 1 is 0.882 bits per heavy atom. The number of Topliss-reactive ketones (excluding diaryl/α,β-unsaturated/α-hetero) is 1. The van der Waals surface area contributed by atoms with E-state index >= 15 is 0 Å². The lowest BCUT2D eigenvalue weighted by atomic mass is 9.93. The first-order chi connectivity index (χ1) is 16.4. The van der Waals surface area contributed by atoms with E-state index in [1.807, 2.05) is 0 Å². The molecule has 3 aromatic rings. The van der Waals surface area contributed by atoms with Gasteiger partial charge in [-0.2, -0.15) is 0 Å². The zero-order chi connectivity index (χ0) is 24.2. The average Bonchev–Trinajstić information content (AvgIpc) is 3.19. The fourth-order valence-electron chi connectivity index (χ4n) is 3.51. The Morgan fingerprint density at radius 2 is 1.44 bits per heavy atom. The summed E-state index contributed by atoms with van der Waals surface area (Å²) in [4.78, 5) is 36.7. The van der Waals surface area contributed by atoms with Gasteiger partial charge in [0.2, 0.25) is 5.78 Å². The molecular formula is C26H19NO7. The SMILES string of the molecule is COc1ccc(C(=O)C2=C(c3ccc(OC)cc3)/C(=C/c3ccc([N+](=O)[O-])cc3)OC2=O)cc1. The molecule has 170 valence electrons. The molecule has 34 heavy (non-hydrogen) atoms. The van der Waals surface area contributed by atoms with Crippen LogP contribution in [0, 0.1) is 10.1 Å². The quantitative estimate of drug-likeness (QED) is 0.164. The second kappa shape index (κ2) is 9.41. The van der Waals surface area contributed by atoms with E-state index in [-0.39, 0.29) is 17.0 Å². The van der Waals surface area contributed by atoms with Crippen LogP contribution in [-0.2, 0) is 9.53 Å². The van der Waals surface area contributed by atoms with Crippen LogP contribution in [0.3, 0.4) is 0 Å². The Kier molecular flexibility index (Phi) is 6.22. The first kappa shape index (κ1) is 22.5. The third kappa shape index (κ3) is 4.42. The summed E-state index contributed by atoms with van der Waals surface area (Å²) in [6.07, 6.45) is 1.56. The topological polar surface area (TPSA) is 105 Å². The van der Waals surface area contributed by atoms with Gasteiger partial charge in [-0.1, -0.05) is 12.1 Å². The molecule has 0 amide bonds. The number of hydrogen-bond acceptors (Lipinski definition) is 7. The van der Waals surface area contributed by atoms with Crippen LogP contribution in [0.15, 0.2) is 84.1 Å². The number of nitro groups is 1. The van der Waals surface area contributed by atoms with Gasteiger partial charge < -0.3 is 14.2 Å². The number of ketones is 1. The van der Waals surface area contributed by atoms with Crippen LogP contribution in [0.5, 0.6) is 11.5 Å². The maximum atomic E-state index is 13.4. The average molecular weight is 457 g/mol. The number of carbonyl (C=O) groups is 2. The first-order valence-electron chi connectivity index (χ1n) is 10.2. The van der Waals surface area contributed by atoms with Crippen molar-refractivity contribution in [2.45, 2.75) is 0 Å². The van der Waals surface area contributed by atoms with E-state index in [9.17, 15) is 19.7 Å². The molecule has 1 heterocycles. The molecule has 1 aliphatic heterocycles. The second-order valence-electron chi connectivity index (χ2n) is 7.28. The predicted octanol–water partition coefficient (Wildman–Crippen LogP) is 4.85. The molecule has 8 heteroatoms. The standard InChI is InChI=1S/C26H19NO7/c1-32-20-11-5-17(6-12-20)23-22(15-16-3-9-19(10-4-16)27(30)31)34-26(29)24(23)25(28)18-7-13-21(33-2)14-8-18/h3-15H,1-2H3/b22-15-. The van der Waals surface area contributed by atoms with Gasteiger partial charge in [0.25, 0.3) is 5.69 Å². The van der Waals surface area contributed by atoms with Crippen molar-refractivity contribution in [2.24, 2.45) is 0 Å². The van der Waals surface area contributed by atoms with Crippen LogP contribution in [-0.4, -0.2) is 30.9 Å². The number of rotatable bonds is 7.